The molecule has 8 nitrogen and oxygen atoms in total. The number of carbonyl (C=O) groups excluding carboxylic acids is 2. The monoisotopic (exact) mass is 395 g/mol. The number of carbonyl (C=O) groups is 2. The normalized spacial score (nSPS) is 18.0. The first kappa shape index (κ1) is 19.5. The highest BCUT2D eigenvalue weighted by Crippen LogP contribution is 2.22. The molecule has 1 N–H and O–H groups in total. The van der Waals surface area contributed by atoms with E-state index < -0.39 is 10.9 Å². The molecule has 0 spiro atoms. The summed E-state index contributed by atoms with van der Waals surface area (Å²) in [6.07, 6.45) is 3.85. The summed E-state index contributed by atoms with van der Waals surface area (Å²) in [5, 5.41) is 0. The van der Waals surface area contributed by atoms with Crippen molar-refractivity contribution in [2.24, 2.45) is 0 Å². The summed E-state index contributed by atoms with van der Waals surface area (Å²) in [6, 6.07) is 4.87. The van der Waals surface area contributed by atoms with Crippen molar-refractivity contribution in [2.75, 3.05) is 30.9 Å². The standard InChI is InChI=1S/C18H25N3O5S/c1-13-12-14(6-7-16(13)19-27(24)25)17(22)20-8-10-21(11-9-20)18(23)26-15-4-2-3-5-15/h6-7,12,15,27H,2-5,8-11H2,1H3,(H,19,24,25). The molecule has 2 aliphatic rings. The number of hydrogen-bond donors (Lipinski definition) is 2. The lowest BCUT2D eigenvalue weighted by molar-refractivity contribution is 0.0422. The van der Waals surface area contributed by atoms with Crippen LogP contribution in [0.1, 0.15) is 41.6 Å². The zero-order valence-electron chi connectivity index (χ0n) is 15.3. The number of piperazine rings is 1. The Morgan fingerprint density at radius 2 is 1.70 bits per heavy atom. The van der Waals surface area contributed by atoms with E-state index in [0.29, 0.717) is 43.0 Å². The Kier molecular flexibility index (Phi) is 6.20. The van der Waals surface area contributed by atoms with E-state index >= 15 is 0 Å². The van der Waals surface area contributed by atoms with Crippen molar-refractivity contribution < 1.29 is 22.7 Å². The summed E-state index contributed by atoms with van der Waals surface area (Å²) >= 11 is 0. The summed E-state index contributed by atoms with van der Waals surface area (Å²) in [7, 11) is -2.74. The van der Waals surface area contributed by atoms with Crippen LogP contribution in [0.5, 0.6) is 0 Å². The summed E-state index contributed by atoms with van der Waals surface area (Å²) in [5.74, 6) is -0.125. The van der Waals surface area contributed by atoms with Gasteiger partial charge in [0.2, 0.25) is 10.9 Å². The molecule has 0 atom stereocenters. The van der Waals surface area contributed by atoms with Crippen LogP contribution < -0.4 is 4.72 Å². The van der Waals surface area contributed by atoms with Crippen LogP contribution in [-0.4, -0.2) is 62.5 Å². The van der Waals surface area contributed by atoms with Crippen molar-refractivity contribution in [3.63, 3.8) is 0 Å². The first-order valence-electron chi connectivity index (χ1n) is 9.20. The molecule has 1 saturated carbocycles. The Hall–Kier alpha value is -2.29. The van der Waals surface area contributed by atoms with Crippen molar-refractivity contribution in [3.05, 3.63) is 29.3 Å². The van der Waals surface area contributed by atoms with Crippen molar-refractivity contribution in [2.45, 2.75) is 38.7 Å². The van der Waals surface area contributed by atoms with Gasteiger partial charge in [-0.2, -0.15) is 0 Å². The van der Waals surface area contributed by atoms with Crippen LogP contribution in [0, 0.1) is 6.92 Å². The van der Waals surface area contributed by atoms with Crippen LogP contribution in [0.15, 0.2) is 18.2 Å². The average Bonchev–Trinajstić information content (AvgIpc) is 3.15. The first-order valence-corrected chi connectivity index (χ1v) is 10.4. The van der Waals surface area contributed by atoms with Crippen LogP contribution in [-0.2, 0) is 15.6 Å². The maximum atomic E-state index is 12.7. The van der Waals surface area contributed by atoms with Crippen LogP contribution in [0.3, 0.4) is 0 Å². The molecular weight excluding hydrogens is 370 g/mol. The Morgan fingerprint density at radius 1 is 1.07 bits per heavy atom. The predicted octanol–water partition coefficient (Wildman–Crippen LogP) is 1.77. The molecule has 1 aliphatic heterocycles. The van der Waals surface area contributed by atoms with Crippen molar-refractivity contribution in [3.8, 4) is 0 Å². The average molecular weight is 395 g/mol. The number of nitrogens with one attached hydrogen (secondary N) is 1. The molecule has 9 heteroatoms. The van der Waals surface area contributed by atoms with Gasteiger partial charge in [-0.05, 0) is 56.4 Å². The second-order valence-electron chi connectivity index (χ2n) is 6.97. The number of ether oxygens (including phenoxy) is 1. The highest BCUT2D eigenvalue weighted by Gasteiger charge is 2.28. The van der Waals surface area contributed by atoms with Crippen molar-refractivity contribution in [1.82, 2.24) is 9.80 Å². The highest BCUT2D eigenvalue weighted by molar-refractivity contribution is 7.73. The molecule has 27 heavy (non-hydrogen) atoms. The van der Waals surface area contributed by atoms with E-state index in [-0.39, 0.29) is 18.1 Å². The third-order valence-corrected chi connectivity index (χ3v) is 5.50. The van der Waals surface area contributed by atoms with Gasteiger partial charge in [-0.25, -0.2) is 13.2 Å². The maximum absolute atomic E-state index is 12.7. The van der Waals surface area contributed by atoms with Crippen LogP contribution in [0.25, 0.3) is 0 Å². The Morgan fingerprint density at radius 3 is 2.30 bits per heavy atom. The van der Waals surface area contributed by atoms with Crippen molar-refractivity contribution >= 4 is 28.6 Å². The number of aryl methyl sites for hydroxylation is 1. The molecule has 0 bridgehead atoms. The molecule has 1 aliphatic carbocycles. The molecule has 0 aromatic heterocycles. The van der Waals surface area contributed by atoms with Gasteiger partial charge < -0.3 is 14.5 Å². The van der Waals surface area contributed by atoms with Gasteiger partial charge in [-0.15, -0.1) is 0 Å². The van der Waals surface area contributed by atoms with Crippen molar-refractivity contribution in [1.29, 1.82) is 0 Å². The minimum atomic E-state index is -2.74. The van der Waals surface area contributed by atoms with E-state index in [9.17, 15) is 18.0 Å². The van der Waals surface area contributed by atoms with Gasteiger partial charge in [0, 0.05) is 31.7 Å². The van der Waals surface area contributed by atoms with Gasteiger partial charge in [0.25, 0.3) is 5.91 Å². The van der Waals surface area contributed by atoms with Crippen LogP contribution in [0.2, 0.25) is 0 Å². The molecule has 0 unspecified atom stereocenters. The zero-order chi connectivity index (χ0) is 19.4. The quantitative estimate of drug-likeness (QED) is 0.758. The number of nitrogens with zero attached hydrogens (tertiary/aromatic N) is 2. The molecule has 148 valence electrons. The van der Waals surface area contributed by atoms with E-state index in [4.69, 9.17) is 4.74 Å². The van der Waals surface area contributed by atoms with E-state index in [1.54, 1.807) is 34.9 Å². The largest absolute Gasteiger partial charge is 0.446 e. The van der Waals surface area contributed by atoms with Gasteiger partial charge in [0.05, 0.1) is 5.69 Å². The molecule has 2 amide bonds. The number of thiol groups is 1. The predicted molar refractivity (Wildman–Crippen MR) is 101 cm³/mol. The minimum Gasteiger partial charge on any atom is -0.446 e. The lowest BCUT2D eigenvalue weighted by Gasteiger charge is -2.34. The summed E-state index contributed by atoms with van der Waals surface area (Å²) < 4.78 is 29.4. The second kappa shape index (κ2) is 8.60. The molecule has 1 heterocycles. The lowest BCUT2D eigenvalue weighted by atomic mass is 10.1. The Balaban J connectivity index is 1.55. The SMILES string of the molecule is Cc1cc(C(=O)N2CCN(C(=O)OC3CCCC3)CC2)ccc1N[SH](=O)=O. The smallest absolute Gasteiger partial charge is 0.410 e. The van der Waals surface area contributed by atoms with E-state index in [2.05, 4.69) is 4.72 Å². The molecular formula is C18H25N3O5S. The molecule has 3 rings (SSSR count). The van der Waals surface area contributed by atoms with Gasteiger partial charge in [-0.3, -0.25) is 9.52 Å². The topological polar surface area (TPSA) is 96.0 Å². The summed E-state index contributed by atoms with van der Waals surface area (Å²) in [6.45, 7) is 3.54. The zero-order valence-corrected chi connectivity index (χ0v) is 16.2. The summed E-state index contributed by atoms with van der Waals surface area (Å²) in [4.78, 5) is 28.3. The Bertz CT molecular complexity index is 773. The number of anilines is 1. The highest BCUT2D eigenvalue weighted by atomic mass is 32.2. The van der Waals surface area contributed by atoms with Gasteiger partial charge in [-0.1, -0.05) is 0 Å². The molecule has 1 aromatic rings. The molecule has 1 saturated heterocycles. The fourth-order valence-electron chi connectivity index (χ4n) is 3.52. The third kappa shape index (κ3) is 4.91. The first-order chi connectivity index (χ1) is 12.9. The molecule has 2 fully saturated rings. The number of benzene rings is 1. The Labute approximate surface area is 160 Å². The van der Waals surface area contributed by atoms with Crippen LogP contribution >= 0.6 is 0 Å². The second-order valence-corrected chi connectivity index (χ2v) is 7.71. The van der Waals surface area contributed by atoms with Crippen LogP contribution in [0.4, 0.5) is 10.5 Å². The van der Waals surface area contributed by atoms with Gasteiger partial charge in [0.1, 0.15) is 6.10 Å². The number of rotatable bonds is 4. The van der Waals surface area contributed by atoms with E-state index in [0.717, 1.165) is 25.7 Å². The minimum absolute atomic E-state index is 0.0385. The van der Waals surface area contributed by atoms with Gasteiger partial charge in [0.15, 0.2) is 0 Å². The van der Waals surface area contributed by atoms with E-state index in [1.807, 2.05) is 0 Å². The lowest BCUT2D eigenvalue weighted by Crippen LogP contribution is -2.51. The molecule has 0 radical (unpaired) electrons. The fourth-order valence-corrected chi connectivity index (χ4v) is 3.97. The maximum Gasteiger partial charge on any atom is 0.410 e. The fraction of sp³-hybridized carbons (Fsp3) is 0.556. The molecule has 1 aromatic carbocycles. The summed E-state index contributed by atoms with van der Waals surface area (Å²) in [5.41, 5.74) is 1.64. The van der Waals surface area contributed by atoms with E-state index in [1.165, 1.54) is 0 Å². The number of hydrogen-bond acceptors (Lipinski definition) is 5. The van der Waals surface area contributed by atoms with Gasteiger partial charge >= 0.3 is 6.09 Å². The third-order valence-electron chi connectivity index (χ3n) is 5.08. The number of amides is 2.